The molecule has 0 radical (unpaired) electrons. The Morgan fingerprint density at radius 1 is 1.26 bits per heavy atom. The maximum Gasteiger partial charge on any atom is 0.339 e. The monoisotopic (exact) mass is 342 g/mol. The molecule has 8 heteroatoms. The van der Waals surface area contributed by atoms with E-state index >= 15 is 0 Å². The molecular weight excluding hydrogens is 324 g/mol. The van der Waals surface area contributed by atoms with Crippen molar-refractivity contribution in [3.8, 4) is 5.75 Å². The Labute approximate surface area is 133 Å². The summed E-state index contributed by atoms with van der Waals surface area (Å²) < 4.78 is 41.9. The molecule has 0 bridgehead atoms. The van der Waals surface area contributed by atoms with Crippen molar-refractivity contribution in [2.75, 3.05) is 26.8 Å². The number of para-hydroxylation sites is 1. The third-order valence-electron chi connectivity index (χ3n) is 3.02. The summed E-state index contributed by atoms with van der Waals surface area (Å²) in [4.78, 5) is 12.0. The van der Waals surface area contributed by atoms with Crippen LogP contribution in [0.25, 0.3) is 11.0 Å². The van der Waals surface area contributed by atoms with Crippen molar-refractivity contribution < 1.29 is 26.5 Å². The van der Waals surface area contributed by atoms with E-state index in [1.54, 1.807) is 24.3 Å². The van der Waals surface area contributed by atoms with Crippen molar-refractivity contribution in [1.82, 2.24) is 0 Å². The van der Waals surface area contributed by atoms with Crippen LogP contribution in [0.4, 0.5) is 0 Å². The van der Waals surface area contributed by atoms with Crippen LogP contribution in [0.5, 0.6) is 5.75 Å². The minimum absolute atomic E-state index is 0.0211. The lowest BCUT2D eigenvalue weighted by Crippen LogP contribution is -2.10. The molecule has 0 unspecified atom stereocenters. The lowest BCUT2D eigenvalue weighted by atomic mass is 10.1. The standard InChI is InChI=1S/C15H18O7S/c1-19-10-20-13-7-3-5-11-9-12(15(16)22-14(11)13)6-4-8-21-23(2,17)18/h3,5,7,9H,4,6,8,10H2,1-2H3. The van der Waals surface area contributed by atoms with Gasteiger partial charge in [-0.3, -0.25) is 4.18 Å². The number of ether oxygens (including phenoxy) is 2. The fourth-order valence-corrected chi connectivity index (χ4v) is 2.46. The molecule has 0 aliphatic carbocycles. The highest BCUT2D eigenvalue weighted by Gasteiger charge is 2.10. The van der Waals surface area contributed by atoms with Crippen molar-refractivity contribution >= 4 is 21.1 Å². The van der Waals surface area contributed by atoms with E-state index < -0.39 is 15.7 Å². The first-order chi connectivity index (χ1) is 10.9. The summed E-state index contributed by atoms with van der Waals surface area (Å²) in [5.41, 5.74) is 0.328. The second kappa shape index (κ2) is 7.58. The van der Waals surface area contributed by atoms with Crippen LogP contribution in [-0.2, 0) is 25.5 Å². The number of aryl methyl sites for hydroxylation is 1. The van der Waals surface area contributed by atoms with Gasteiger partial charge in [-0.1, -0.05) is 12.1 Å². The molecule has 23 heavy (non-hydrogen) atoms. The van der Waals surface area contributed by atoms with Gasteiger partial charge < -0.3 is 13.9 Å². The first-order valence-electron chi connectivity index (χ1n) is 6.92. The van der Waals surface area contributed by atoms with Crippen molar-refractivity contribution in [3.05, 3.63) is 40.2 Å². The Balaban J connectivity index is 2.16. The Morgan fingerprint density at radius 2 is 2.04 bits per heavy atom. The molecule has 2 aromatic rings. The predicted octanol–water partition coefficient (Wildman–Crippen LogP) is 1.68. The fourth-order valence-electron chi connectivity index (χ4n) is 2.04. The zero-order valence-corrected chi connectivity index (χ0v) is 13.7. The molecule has 0 saturated carbocycles. The maximum absolute atomic E-state index is 12.0. The van der Waals surface area contributed by atoms with Crippen LogP contribution in [0, 0.1) is 0 Å². The summed E-state index contributed by atoms with van der Waals surface area (Å²) in [6.45, 7) is 0.0701. The zero-order chi connectivity index (χ0) is 16.9. The van der Waals surface area contributed by atoms with Gasteiger partial charge in [-0.15, -0.1) is 0 Å². The van der Waals surface area contributed by atoms with Crippen LogP contribution >= 0.6 is 0 Å². The second-order valence-corrected chi connectivity index (χ2v) is 6.56. The van der Waals surface area contributed by atoms with E-state index in [1.165, 1.54) is 7.11 Å². The third-order valence-corrected chi connectivity index (χ3v) is 3.61. The van der Waals surface area contributed by atoms with Gasteiger partial charge in [0, 0.05) is 18.1 Å². The van der Waals surface area contributed by atoms with E-state index in [4.69, 9.17) is 13.9 Å². The molecule has 0 fully saturated rings. The van der Waals surface area contributed by atoms with Crippen molar-refractivity contribution in [2.45, 2.75) is 12.8 Å². The smallest absolute Gasteiger partial charge is 0.339 e. The Hall–Kier alpha value is -1.90. The molecule has 0 aliphatic rings. The number of hydrogen-bond acceptors (Lipinski definition) is 7. The minimum Gasteiger partial charge on any atom is -0.464 e. The first kappa shape index (κ1) is 17.5. The molecule has 0 saturated heterocycles. The topological polar surface area (TPSA) is 92.0 Å². The highest BCUT2D eigenvalue weighted by atomic mass is 32.2. The Morgan fingerprint density at radius 3 is 2.74 bits per heavy atom. The van der Waals surface area contributed by atoms with Gasteiger partial charge in [0.25, 0.3) is 10.1 Å². The Kier molecular flexibility index (Phi) is 5.75. The van der Waals surface area contributed by atoms with E-state index in [0.717, 1.165) is 11.6 Å². The molecule has 0 N–H and O–H groups in total. The quantitative estimate of drug-likeness (QED) is 0.312. The molecule has 2 rings (SSSR count). The van der Waals surface area contributed by atoms with E-state index in [1.807, 2.05) is 0 Å². The first-order valence-corrected chi connectivity index (χ1v) is 8.74. The molecule has 1 aromatic heterocycles. The molecule has 126 valence electrons. The summed E-state index contributed by atoms with van der Waals surface area (Å²) in [7, 11) is -1.97. The molecule has 1 aromatic carbocycles. The Bertz CT molecular complexity index is 823. The van der Waals surface area contributed by atoms with Crippen molar-refractivity contribution in [1.29, 1.82) is 0 Å². The van der Waals surface area contributed by atoms with E-state index in [-0.39, 0.29) is 13.4 Å². The number of fused-ring (bicyclic) bond motifs is 1. The maximum atomic E-state index is 12.0. The summed E-state index contributed by atoms with van der Waals surface area (Å²) in [6, 6.07) is 6.98. The molecule has 0 atom stereocenters. The SMILES string of the molecule is COCOc1cccc2cc(CCCOS(C)(=O)=O)c(=O)oc12. The zero-order valence-electron chi connectivity index (χ0n) is 12.9. The van der Waals surface area contributed by atoms with Gasteiger partial charge in [0.05, 0.1) is 12.9 Å². The van der Waals surface area contributed by atoms with Crippen LogP contribution in [0.2, 0.25) is 0 Å². The molecular formula is C15H18O7S. The van der Waals surface area contributed by atoms with E-state index in [2.05, 4.69) is 4.18 Å². The molecule has 1 heterocycles. The minimum atomic E-state index is -3.47. The predicted molar refractivity (Wildman–Crippen MR) is 84.1 cm³/mol. The van der Waals surface area contributed by atoms with Crippen LogP contribution < -0.4 is 10.4 Å². The lowest BCUT2D eigenvalue weighted by molar-refractivity contribution is 0.0514. The highest BCUT2D eigenvalue weighted by Crippen LogP contribution is 2.25. The van der Waals surface area contributed by atoms with Crippen LogP contribution in [0.1, 0.15) is 12.0 Å². The average Bonchev–Trinajstić information content (AvgIpc) is 2.49. The van der Waals surface area contributed by atoms with Crippen molar-refractivity contribution in [2.24, 2.45) is 0 Å². The van der Waals surface area contributed by atoms with Gasteiger partial charge in [-0.05, 0) is 25.0 Å². The summed E-state index contributed by atoms with van der Waals surface area (Å²) >= 11 is 0. The number of benzene rings is 1. The fraction of sp³-hybridized carbons (Fsp3) is 0.400. The normalized spacial score (nSPS) is 11.7. The van der Waals surface area contributed by atoms with Gasteiger partial charge in [-0.25, -0.2) is 4.79 Å². The third kappa shape index (κ3) is 5.05. The largest absolute Gasteiger partial charge is 0.464 e. The second-order valence-electron chi connectivity index (χ2n) is 4.91. The summed E-state index contributed by atoms with van der Waals surface area (Å²) in [5, 5.41) is 0.720. The molecule has 7 nitrogen and oxygen atoms in total. The molecule has 0 amide bonds. The van der Waals surface area contributed by atoms with Gasteiger partial charge in [-0.2, -0.15) is 8.42 Å². The van der Waals surface area contributed by atoms with Gasteiger partial charge in [0.1, 0.15) is 0 Å². The van der Waals surface area contributed by atoms with Crippen LogP contribution in [0.3, 0.4) is 0 Å². The van der Waals surface area contributed by atoms with Crippen LogP contribution in [0.15, 0.2) is 33.5 Å². The van der Waals surface area contributed by atoms with E-state index in [0.29, 0.717) is 29.7 Å². The number of methoxy groups -OCH3 is 1. The summed E-state index contributed by atoms with van der Waals surface area (Å²) in [6.07, 6.45) is 1.74. The van der Waals surface area contributed by atoms with Gasteiger partial charge in [0.2, 0.25) is 0 Å². The summed E-state index contributed by atoms with van der Waals surface area (Å²) in [5.74, 6) is 0.424. The number of hydrogen-bond donors (Lipinski definition) is 0. The van der Waals surface area contributed by atoms with Crippen molar-refractivity contribution in [3.63, 3.8) is 0 Å². The van der Waals surface area contributed by atoms with Crippen LogP contribution in [-0.4, -0.2) is 35.2 Å². The van der Waals surface area contributed by atoms with Gasteiger partial charge in [0.15, 0.2) is 18.1 Å². The highest BCUT2D eigenvalue weighted by molar-refractivity contribution is 7.85. The molecule has 0 aliphatic heterocycles. The van der Waals surface area contributed by atoms with Gasteiger partial charge >= 0.3 is 5.63 Å². The lowest BCUT2D eigenvalue weighted by Gasteiger charge is -2.08. The molecule has 0 spiro atoms. The average molecular weight is 342 g/mol. The van der Waals surface area contributed by atoms with E-state index in [9.17, 15) is 13.2 Å². The number of rotatable bonds is 8.